The van der Waals surface area contributed by atoms with Crippen LogP contribution in [-0.4, -0.2) is 9.78 Å². The molecule has 3 aromatic rings. The van der Waals surface area contributed by atoms with Crippen molar-refractivity contribution < 1.29 is 17.9 Å². The molecule has 0 spiro atoms. The maximum absolute atomic E-state index is 12.8. The predicted octanol–water partition coefficient (Wildman–Crippen LogP) is 6.52. The predicted molar refractivity (Wildman–Crippen MR) is 122 cm³/mol. The number of rotatable bonds is 5. The van der Waals surface area contributed by atoms with Gasteiger partial charge in [-0.2, -0.15) is 23.5 Å². The number of allylic oxidation sites excluding steroid dienone is 1. The van der Waals surface area contributed by atoms with E-state index in [0.29, 0.717) is 27.8 Å². The zero-order valence-electron chi connectivity index (χ0n) is 17.8. The number of anilines is 1. The molecule has 1 N–H and O–H groups in total. The first-order chi connectivity index (χ1) is 16.2. The Morgan fingerprint density at radius 1 is 1.15 bits per heavy atom. The lowest BCUT2D eigenvalue weighted by molar-refractivity contribution is -0.137. The summed E-state index contributed by atoms with van der Waals surface area (Å²) in [6, 6.07) is 14.3. The first kappa shape index (κ1) is 22.1. The van der Waals surface area contributed by atoms with Crippen LogP contribution in [0.15, 0.2) is 67.1 Å². The van der Waals surface area contributed by atoms with Crippen molar-refractivity contribution in [3.63, 3.8) is 0 Å². The van der Waals surface area contributed by atoms with Crippen molar-refractivity contribution in [3.05, 3.63) is 94.5 Å². The van der Waals surface area contributed by atoms with Crippen LogP contribution in [0.3, 0.4) is 0 Å². The van der Waals surface area contributed by atoms with E-state index in [1.54, 1.807) is 0 Å². The summed E-state index contributed by atoms with van der Waals surface area (Å²) >= 11 is 6.00. The van der Waals surface area contributed by atoms with Gasteiger partial charge in [0.25, 0.3) is 0 Å². The van der Waals surface area contributed by atoms with Crippen molar-refractivity contribution in [3.8, 4) is 11.8 Å². The fraction of sp³-hybridized carbons (Fsp3) is 0.200. The van der Waals surface area contributed by atoms with Gasteiger partial charge in [0.2, 0.25) is 0 Å². The van der Waals surface area contributed by atoms with Crippen LogP contribution in [0.5, 0.6) is 5.75 Å². The van der Waals surface area contributed by atoms with Crippen molar-refractivity contribution in [2.75, 3.05) is 5.32 Å². The minimum atomic E-state index is -4.42. The molecule has 172 valence electrons. The average molecular weight is 483 g/mol. The summed E-state index contributed by atoms with van der Waals surface area (Å²) in [5, 5.41) is 18.3. The standard InChI is InChI=1S/C25H18ClF3N4O/c1-15-21(34-19-8-4-17(5-9-19)25(27,28)29)14-31-23-20(13-30)22(32-33(15)23)24(10-11-24)12-16-2-6-18(26)7-3-16/h2-9,14,31H,1,10-12H2. The molecule has 0 atom stereocenters. The second kappa shape index (κ2) is 7.96. The van der Waals surface area contributed by atoms with Gasteiger partial charge >= 0.3 is 6.18 Å². The lowest BCUT2D eigenvalue weighted by atomic mass is 9.91. The van der Waals surface area contributed by atoms with Crippen molar-refractivity contribution in [2.24, 2.45) is 0 Å². The topological polar surface area (TPSA) is 62.9 Å². The Kier molecular flexibility index (Phi) is 5.18. The molecule has 9 heteroatoms. The normalized spacial score (nSPS) is 16.2. The maximum Gasteiger partial charge on any atom is 0.416 e. The van der Waals surface area contributed by atoms with Crippen molar-refractivity contribution in [1.82, 2.24) is 9.78 Å². The van der Waals surface area contributed by atoms with Crippen LogP contribution in [0.4, 0.5) is 19.0 Å². The molecule has 0 saturated heterocycles. The smallest absolute Gasteiger partial charge is 0.416 e. The SMILES string of the molecule is C=C1C(Oc2ccc(C(F)(F)F)cc2)=CNc2c(C#N)c(C3(Cc4ccc(Cl)cc4)CC3)nn21. The zero-order chi connectivity index (χ0) is 24.1. The third-order valence-electron chi connectivity index (χ3n) is 6.10. The fourth-order valence-corrected chi connectivity index (χ4v) is 4.24. The van der Waals surface area contributed by atoms with Gasteiger partial charge in [-0.1, -0.05) is 30.3 Å². The third kappa shape index (κ3) is 3.93. The van der Waals surface area contributed by atoms with Gasteiger partial charge in [0, 0.05) is 16.6 Å². The van der Waals surface area contributed by atoms with Gasteiger partial charge in [-0.15, -0.1) is 0 Å². The van der Waals surface area contributed by atoms with Gasteiger partial charge in [-0.05, 0) is 61.2 Å². The second-order valence-corrected chi connectivity index (χ2v) is 8.84. The number of hydrogen-bond donors (Lipinski definition) is 1. The first-order valence-electron chi connectivity index (χ1n) is 10.5. The number of nitriles is 1. The number of nitrogens with zero attached hydrogens (tertiary/aromatic N) is 3. The number of fused-ring (bicyclic) bond motifs is 1. The fourth-order valence-electron chi connectivity index (χ4n) is 4.11. The molecule has 2 aromatic carbocycles. The molecule has 34 heavy (non-hydrogen) atoms. The third-order valence-corrected chi connectivity index (χ3v) is 6.35. The number of nitrogens with one attached hydrogen (secondary N) is 1. The van der Waals surface area contributed by atoms with E-state index in [-0.39, 0.29) is 16.9 Å². The van der Waals surface area contributed by atoms with Crippen LogP contribution in [0, 0.1) is 11.3 Å². The van der Waals surface area contributed by atoms with Crippen LogP contribution < -0.4 is 10.1 Å². The minimum absolute atomic E-state index is 0.222. The van der Waals surface area contributed by atoms with Crippen LogP contribution in [0.2, 0.25) is 5.02 Å². The number of hydrogen-bond acceptors (Lipinski definition) is 4. The maximum atomic E-state index is 12.8. The molecule has 1 saturated carbocycles. The second-order valence-electron chi connectivity index (χ2n) is 8.40. The number of aromatic nitrogens is 2. The molecule has 0 bridgehead atoms. The van der Waals surface area contributed by atoms with Gasteiger partial charge in [0.05, 0.1) is 11.3 Å². The summed E-state index contributed by atoms with van der Waals surface area (Å²) in [6.45, 7) is 4.04. The summed E-state index contributed by atoms with van der Waals surface area (Å²) in [5.41, 5.74) is 1.60. The molecular formula is C25H18ClF3N4O. The Labute approximate surface area is 198 Å². The molecular weight excluding hydrogens is 465 g/mol. The van der Waals surface area contributed by atoms with E-state index in [4.69, 9.17) is 21.4 Å². The van der Waals surface area contributed by atoms with Crippen molar-refractivity contribution in [1.29, 1.82) is 5.26 Å². The van der Waals surface area contributed by atoms with Crippen molar-refractivity contribution in [2.45, 2.75) is 30.9 Å². The van der Waals surface area contributed by atoms with Crippen LogP contribution in [-0.2, 0) is 18.0 Å². The van der Waals surface area contributed by atoms with E-state index in [2.05, 4.69) is 18.0 Å². The molecule has 5 nitrogen and oxygen atoms in total. The molecule has 5 rings (SSSR count). The lowest BCUT2D eigenvalue weighted by Gasteiger charge is -2.19. The first-order valence-corrected chi connectivity index (χ1v) is 10.9. The number of ether oxygens (including phenoxy) is 1. The van der Waals surface area contributed by atoms with E-state index < -0.39 is 11.7 Å². The van der Waals surface area contributed by atoms with Gasteiger partial charge in [-0.25, -0.2) is 4.68 Å². The molecule has 1 fully saturated rings. The van der Waals surface area contributed by atoms with Crippen LogP contribution in [0.25, 0.3) is 5.70 Å². The summed E-state index contributed by atoms with van der Waals surface area (Å²) in [5.74, 6) is 0.998. The minimum Gasteiger partial charge on any atom is -0.454 e. The van der Waals surface area contributed by atoms with E-state index in [0.717, 1.165) is 37.0 Å². The Bertz CT molecular complexity index is 1350. The summed E-state index contributed by atoms with van der Waals surface area (Å²) in [4.78, 5) is 0. The summed E-state index contributed by atoms with van der Waals surface area (Å²) < 4.78 is 45.7. The van der Waals surface area contributed by atoms with Crippen LogP contribution >= 0.6 is 11.6 Å². The molecule has 1 aliphatic heterocycles. The Hall–Kier alpha value is -3.70. The van der Waals surface area contributed by atoms with Gasteiger partial charge < -0.3 is 10.1 Å². The Morgan fingerprint density at radius 3 is 2.41 bits per heavy atom. The largest absolute Gasteiger partial charge is 0.454 e. The molecule has 0 unspecified atom stereocenters. The summed E-state index contributed by atoms with van der Waals surface area (Å²) in [6.07, 6.45) is -0.373. The quantitative estimate of drug-likeness (QED) is 0.450. The average Bonchev–Trinajstić information content (AvgIpc) is 3.48. The molecule has 2 heterocycles. The molecule has 2 aliphatic rings. The molecule has 1 aliphatic carbocycles. The Balaban J connectivity index is 1.40. The molecule has 0 radical (unpaired) electrons. The number of benzene rings is 2. The number of alkyl halides is 3. The monoisotopic (exact) mass is 482 g/mol. The van der Waals surface area contributed by atoms with E-state index >= 15 is 0 Å². The zero-order valence-corrected chi connectivity index (χ0v) is 18.5. The highest BCUT2D eigenvalue weighted by Gasteiger charge is 2.49. The molecule has 1 aromatic heterocycles. The lowest BCUT2D eigenvalue weighted by Crippen LogP contribution is -2.16. The van der Waals surface area contributed by atoms with Gasteiger partial charge in [-0.3, -0.25) is 0 Å². The molecule has 0 amide bonds. The van der Waals surface area contributed by atoms with Crippen molar-refractivity contribution >= 4 is 23.1 Å². The van der Waals surface area contributed by atoms with E-state index in [1.807, 2.05) is 24.3 Å². The highest BCUT2D eigenvalue weighted by Crippen LogP contribution is 2.52. The van der Waals surface area contributed by atoms with E-state index in [9.17, 15) is 18.4 Å². The van der Waals surface area contributed by atoms with Gasteiger partial charge in [0.15, 0.2) is 11.6 Å². The summed E-state index contributed by atoms with van der Waals surface area (Å²) in [7, 11) is 0. The highest BCUT2D eigenvalue weighted by molar-refractivity contribution is 6.30. The van der Waals surface area contributed by atoms with E-state index in [1.165, 1.54) is 23.0 Å². The van der Waals surface area contributed by atoms with Gasteiger partial charge in [0.1, 0.15) is 23.1 Å². The number of halogens is 4. The van der Waals surface area contributed by atoms with Crippen LogP contribution in [0.1, 0.15) is 35.2 Å². The Morgan fingerprint density at radius 2 is 1.82 bits per heavy atom. The highest BCUT2D eigenvalue weighted by atomic mass is 35.5.